The molecule has 4 rings (SSSR count). The van der Waals surface area contributed by atoms with Crippen LogP contribution in [0.2, 0.25) is 10.0 Å². The maximum atomic E-state index is 13.1. The normalized spacial score (nSPS) is 10.9. The average molecular weight is 489 g/mol. The molecule has 4 aromatic rings. The van der Waals surface area contributed by atoms with Crippen LogP contribution in [0.3, 0.4) is 0 Å². The minimum Gasteiger partial charge on any atom is -0.489 e. The summed E-state index contributed by atoms with van der Waals surface area (Å²) >= 11 is 12.2. The quantitative estimate of drug-likeness (QED) is 0.354. The van der Waals surface area contributed by atoms with Crippen LogP contribution in [-0.4, -0.2) is 20.8 Å². The van der Waals surface area contributed by atoms with E-state index in [1.165, 1.54) is 24.3 Å². The van der Waals surface area contributed by atoms with Crippen molar-refractivity contribution in [2.75, 3.05) is 5.32 Å². The molecule has 2 aromatic heterocycles. The van der Waals surface area contributed by atoms with E-state index in [4.69, 9.17) is 32.5 Å². The smallest absolute Gasteiger partial charge is 0.279 e. The molecule has 0 atom stereocenters. The highest BCUT2D eigenvalue weighted by atomic mass is 35.5. The van der Waals surface area contributed by atoms with Crippen LogP contribution in [0.15, 0.2) is 53.1 Å². The average Bonchev–Trinajstić information content (AvgIpc) is 3.31. The van der Waals surface area contributed by atoms with Gasteiger partial charge >= 0.3 is 0 Å². The zero-order valence-corrected chi connectivity index (χ0v) is 19.2. The Morgan fingerprint density at radius 2 is 1.91 bits per heavy atom. The predicted octanol–water partition coefficient (Wildman–Crippen LogP) is 5.81. The summed E-state index contributed by atoms with van der Waals surface area (Å²) in [6.07, 6.45) is 0. The van der Waals surface area contributed by atoms with Crippen molar-refractivity contribution < 1.29 is 18.4 Å². The molecule has 0 fully saturated rings. The Bertz CT molecular complexity index is 1300. The number of aromatic nitrogens is 3. The molecule has 7 nitrogen and oxygen atoms in total. The Kier molecular flexibility index (Phi) is 6.67. The van der Waals surface area contributed by atoms with E-state index in [0.717, 1.165) is 11.3 Å². The van der Waals surface area contributed by atoms with Crippen molar-refractivity contribution in [3.8, 4) is 5.75 Å². The third-order valence-corrected chi connectivity index (χ3v) is 5.54. The van der Waals surface area contributed by atoms with Crippen molar-refractivity contribution in [1.29, 1.82) is 0 Å². The Morgan fingerprint density at radius 3 is 2.64 bits per heavy atom. The first-order valence-electron chi connectivity index (χ1n) is 9.93. The van der Waals surface area contributed by atoms with Gasteiger partial charge in [-0.2, -0.15) is 5.10 Å². The third-order valence-electron chi connectivity index (χ3n) is 4.95. The molecule has 0 unspecified atom stereocenters. The molecule has 170 valence electrons. The van der Waals surface area contributed by atoms with Crippen molar-refractivity contribution in [2.45, 2.75) is 27.0 Å². The van der Waals surface area contributed by atoms with Crippen LogP contribution in [0.25, 0.3) is 0 Å². The number of amides is 1. The van der Waals surface area contributed by atoms with Gasteiger partial charge in [0.25, 0.3) is 5.91 Å². The van der Waals surface area contributed by atoms with Gasteiger partial charge in [0.1, 0.15) is 23.9 Å². The van der Waals surface area contributed by atoms with Crippen LogP contribution >= 0.6 is 23.2 Å². The van der Waals surface area contributed by atoms with E-state index in [0.29, 0.717) is 39.5 Å². The topological polar surface area (TPSA) is 82.2 Å². The Labute approximate surface area is 199 Å². The SMILES string of the molecule is Cc1onc(C(=O)Nc2cc(C)n(Cc3ccc(Cl)cc3Cl)n2)c1COc1ccc(F)cc1. The fourth-order valence-corrected chi connectivity index (χ4v) is 3.61. The molecule has 0 bridgehead atoms. The van der Waals surface area contributed by atoms with Crippen LogP contribution < -0.4 is 10.1 Å². The summed E-state index contributed by atoms with van der Waals surface area (Å²) in [7, 11) is 0. The number of rotatable bonds is 7. The van der Waals surface area contributed by atoms with Crippen LogP contribution in [0, 0.1) is 19.7 Å². The Hall–Kier alpha value is -3.36. The van der Waals surface area contributed by atoms with E-state index >= 15 is 0 Å². The number of nitrogens with one attached hydrogen (secondary N) is 1. The molecule has 0 saturated carbocycles. The number of aryl methyl sites for hydroxylation is 2. The number of halogens is 3. The van der Waals surface area contributed by atoms with Crippen molar-refractivity contribution in [1.82, 2.24) is 14.9 Å². The zero-order chi connectivity index (χ0) is 23.5. The molecule has 33 heavy (non-hydrogen) atoms. The molecule has 2 aromatic carbocycles. The molecule has 0 saturated heterocycles. The first-order valence-corrected chi connectivity index (χ1v) is 10.7. The second kappa shape index (κ2) is 9.64. The van der Waals surface area contributed by atoms with E-state index in [1.54, 1.807) is 29.8 Å². The Balaban J connectivity index is 1.46. The molecule has 1 N–H and O–H groups in total. The lowest BCUT2D eigenvalue weighted by molar-refractivity contribution is 0.101. The molecule has 2 heterocycles. The molecule has 0 aliphatic rings. The highest BCUT2D eigenvalue weighted by Gasteiger charge is 2.22. The summed E-state index contributed by atoms with van der Waals surface area (Å²) in [6.45, 7) is 4.00. The maximum absolute atomic E-state index is 13.1. The van der Waals surface area contributed by atoms with Gasteiger partial charge in [0, 0.05) is 21.8 Å². The molecule has 0 aliphatic carbocycles. The molecule has 0 radical (unpaired) electrons. The summed E-state index contributed by atoms with van der Waals surface area (Å²) in [5.41, 5.74) is 2.24. The molecule has 1 amide bonds. The highest BCUT2D eigenvalue weighted by Crippen LogP contribution is 2.23. The molecule has 0 aliphatic heterocycles. The van der Waals surface area contributed by atoms with Crippen molar-refractivity contribution >= 4 is 34.9 Å². The monoisotopic (exact) mass is 488 g/mol. The summed E-state index contributed by atoms with van der Waals surface area (Å²) in [5.74, 6) is 0.406. The summed E-state index contributed by atoms with van der Waals surface area (Å²) in [6, 6.07) is 12.6. The number of hydrogen-bond donors (Lipinski definition) is 1. The summed E-state index contributed by atoms with van der Waals surface area (Å²) < 4.78 is 25.6. The first kappa shape index (κ1) is 22.8. The second-order valence-electron chi connectivity index (χ2n) is 7.33. The van der Waals surface area contributed by atoms with E-state index in [9.17, 15) is 9.18 Å². The fourth-order valence-electron chi connectivity index (χ4n) is 3.14. The summed E-state index contributed by atoms with van der Waals surface area (Å²) in [4.78, 5) is 12.9. The van der Waals surface area contributed by atoms with Crippen molar-refractivity contribution in [3.63, 3.8) is 0 Å². The minimum atomic E-state index is -0.487. The zero-order valence-electron chi connectivity index (χ0n) is 17.7. The van der Waals surface area contributed by atoms with Gasteiger partial charge < -0.3 is 14.6 Å². The van der Waals surface area contributed by atoms with E-state index < -0.39 is 5.91 Å². The third kappa shape index (κ3) is 5.35. The Morgan fingerprint density at radius 1 is 1.15 bits per heavy atom. The standard InChI is InChI=1S/C23H19Cl2FN4O3/c1-13-9-21(28-30(13)11-15-3-4-16(24)10-20(15)25)27-23(31)22-19(14(2)33-29-22)12-32-18-7-5-17(26)6-8-18/h3-10H,11-12H2,1-2H3,(H,27,28,31). The number of carbonyl (C=O) groups is 1. The molecular formula is C23H19Cl2FN4O3. The molecule has 10 heteroatoms. The van der Waals surface area contributed by atoms with Crippen LogP contribution in [-0.2, 0) is 13.2 Å². The lowest BCUT2D eigenvalue weighted by Gasteiger charge is -2.07. The number of hydrogen-bond acceptors (Lipinski definition) is 5. The van der Waals surface area contributed by atoms with Crippen molar-refractivity contribution in [3.05, 3.63) is 92.7 Å². The largest absolute Gasteiger partial charge is 0.489 e. The van der Waals surface area contributed by atoms with Gasteiger partial charge in [-0.15, -0.1) is 0 Å². The van der Waals surface area contributed by atoms with Gasteiger partial charge in [-0.3, -0.25) is 9.48 Å². The number of carbonyl (C=O) groups excluding carboxylic acids is 1. The van der Waals surface area contributed by atoms with E-state index in [1.807, 2.05) is 13.0 Å². The molecular weight excluding hydrogens is 470 g/mol. The van der Waals surface area contributed by atoms with E-state index in [-0.39, 0.29) is 18.1 Å². The van der Waals surface area contributed by atoms with Crippen LogP contribution in [0.4, 0.5) is 10.2 Å². The number of nitrogens with zero attached hydrogens (tertiary/aromatic N) is 3. The second-order valence-corrected chi connectivity index (χ2v) is 8.17. The van der Waals surface area contributed by atoms with Gasteiger partial charge in [-0.25, -0.2) is 4.39 Å². The highest BCUT2D eigenvalue weighted by molar-refractivity contribution is 6.35. The maximum Gasteiger partial charge on any atom is 0.279 e. The first-order chi connectivity index (χ1) is 15.8. The number of ether oxygens (including phenoxy) is 1. The lowest BCUT2D eigenvalue weighted by Crippen LogP contribution is -2.16. The van der Waals surface area contributed by atoms with Crippen LogP contribution in [0.1, 0.15) is 33.1 Å². The number of anilines is 1. The minimum absolute atomic E-state index is 0.0340. The molecule has 0 spiro atoms. The summed E-state index contributed by atoms with van der Waals surface area (Å²) in [5, 5.41) is 12.1. The van der Waals surface area contributed by atoms with E-state index in [2.05, 4.69) is 15.6 Å². The van der Waals surface area contributed by atoms with Crippen molar-refractivity contribution in [2.24, 2.45) is 0 Å². The van der Waals surface area contributed by atoms with Gasteiger partial charge in [0.2, 0.25) is 0 Å². The van der Waals surface area contributed by atoms with Gasteiger partial charge in [-0.05, 0) is 55.8 Å². The van der Waals surface area contributed by atoms with Gasteiger partial charge in [-0.1, -0.05) is 34.4 Å². The number of benzene rings is 2. The lowest BCUT2D eigenvalue weighted by atomic mass is 10.2. The fraction of sp³-hybridized carbons (Fsp3) is 0.174. The predicted molar refractivity (Wildman–Crippen MR) is 122 cm³/mol. The van der Waals surface area contributed by atoms with Gasteiger partial charge in [0.15, 0.2) is 11.5 Å². The van der Waals surface area contributed by atoms with Crippen LogP contribution in [0.5, 0.6) is 5.75 Å². The van der Waals surface area contributed by atoms with Gasteiger partial charge in [0.05, 0.1) is 12.1 Å².